The maximum Gasteiger partial charge on any atom is 0.223 e. The van der Waals surface area contributed by atoms with E-state index in [0.717, 1.165) is 36.8 Å². The number of nitriles is 1. The summed E-state index contributed by atoms with van der Waals surface area (Å²) in [7, 11) is 0. The van der Waals surface area contributed by atoms with Gasteiger partial charge < -0.3 is 14.9 Å². The van der Waals surface area contributed by atoms with Gasteiger partial charge in [0.2, 0.25) is 5.95 Å². The van der Waals surface area contributed by atoms with Gasteiger partial charge >= 0.3 is 0 Å². The van der Waals surface area contributed by atoms with Gasteiger partial charge in [0, 0.05) is 18.3 Å². The van der Waals surface area contributed by atoms with Crippen LogP contribution in [0.4, 0.5) is 5.95 Å². The van der Waals surface area contributed by atoms with Crippen molar-refractivity contribution in [2.75, 3.05) is 5.32 Å². The molecule has 5 rings (SSSR count). The lowest BCUT2D eigenvalue weighted by atomic mass is 9.91. The van der Waals surface area contributed by atoms with Crippen LogP contribution in [0.2, 0.25) is 0 Å². The van der Waals surface area contributed by atoms with Gasteiger partial charge in [0.25, 0.3) is 0 Å². The number of aromatic amines is 1. The summed E-state index contributed by atoms with van der Waals surface area (Å²) in [5.41, 5.74) is 3.51. The lowest BCUT2D eigenvalue weighted by Crippen LogP contribution is -2.29. The number of nitrogens with zero attached hydrogens (tertiary/aromatic N) is 7. The van der Waals surface area contributed by atoms with E-state index in [1.54, 1.807) is 24.9 Å². The fraction of sp³-hybridized carbons (Fsp3) is 0.300. The summed E-state index contributed by atoms with van der Waals surface area (Å²) >= 11 is 0. The minimum Gasteiger partial charge on any atom is -0.351 e. The van der Waals surface area contributed by atoms with Gasteiger partial charge in [0.05, 0.1) is 36.3 Å². The van der Waals surface area contributed by atoms with Crippen molar-refractivity contribution in [1.82, 2.24) is 34.5 Å². The van der Waals surface area contributed by atoms with Crippen LogP contribution in [0.25, 0.3) is 22.6 Å². The topological polar surface area (TPSA) is 121 Å². The number of pyridine rings is 1. The molecule has 29 heavy (non-hydrogen) atoms. The van der Waals surface area contributed by atoms with E-state index in [2.05, 4.69) is 45.9 Å². The maximum atomic E-state index is 9.36. The van der Waals surface area contributed by atoms with E-state index >= 15 is 0 Å². The summed E-state index contributed by atoms with van der Waals surface area (Å²) in [6, 6.07) is 6.59. The number of anilines is 1. The summed E-state index contributed by atoms with van der Waals surface area (Å²) in [5, 5.41) is 12.8. The van der Waals surface area contributed by atoms with Crippen LogP contribution in [0.3, 0.4) is 0 Å². The summed E-state index contributed by atoms with van der Waals surface area (Å²) < 4.78 is 2.18. The Balaban J connectivity index is 1.37. The molecular formula is C20H19N9. The predicted molar refractivity (Wildman–Crippen MR) is 107 cm³/mol. The Morgan fingerprint density at radius 2 is 2.17 bits per heavy atom. The molecule has 0 aliphatic heterocycles. The van der Waals surface area contributed by atoms with Gasteiger partial charge in [-0.3, -0.25) is 0 Å². The van der Waals surface area contributed by atoms with E-state index in [1.807, 2.05) is 18.5 Å². The largest absolute Gasteiger partial charge is 0.351 e. The number of fused-ring (bicyclic) bond motifs is 1. The van der Waals surface area contributed by atoms with Crippen LogP contribution in [0, 0.1) is 11.3 Å². The molecule has 0 bridgehead atoms. The number of hydrogen-bond acceptors (Lipinski definition) is 7. The molecule has 2 atom stereocenters. The van der Waals surface area contributed by atoms with Crippen molar-refractivity contribution in [3.63, 3.8) is 0 Å². The highest BCUT2D eigenvalue weighted by Gasteiger charge is 2.25. The molecule has 0 amide bonds. The van der Waals surface area contributed by atoms with Crippen molar-refractivity contribution in [1.29, 1.82) is 5.26 Å². The standard InChI is InChI=1S/C20H19N9/c21-8-13-9-24-20(28-18(13)17-10-22-11-25-17)27-14-3-1-4-15(7-14)29-12-26-16-5-2-6-23-19(16)29/h2,5-6,9-12,14-15H,1,3-4,7H2,(H,22,25)(H,24,27,28)/t14-,15+/m1/s1. The molecule has 4 heterocycles. The van der Waals surface area contributed by atoms with Gasteiger partial charge in [-0.05, 0) is 37.8 Å². The van der Waals surface area contributed by atoms with Gasteiger partial charge in [0.15, 0.2) is 5.65 Å². The predicted octanol–water partition coefficient (Wildman–Crippen LogP) is 3.08. The highest BCUT2D eigenvalue weighted by molar-refractivity contribution is 5.70. The Hall–Kier alpha value is -3.80. The van der Waals surface area contributed by atoms with E-state index in [4.69, 9.17) is 0 Å². The minimum absolute atomic E-state index is 0.234. The zero-order chi connectivity index (χ0) is 19.6. The molecule has 9 heteroatoms. The van der Waals surface area contributed by atoms with Gasteiger partial charge in [-0.2, -0.15) is 5.26 Å². The SMILES string of the molecule is N#Cc1cnc(N[C@@H]2CCC[C@H](n3cnc4cccnc43)C2)nc1-c1cnc[nH]1. The van der Waals surface area contributed by atoms with E-state index in [9.17, 15) is 5.26 Å². The highest BCUT2D eigenvalue weighted by atomic mass is 15.2. The summed E-state index contributed by atoms with van der Waals surface area (Å²) in [5.74, 6) is 0.521. The molecule has 4 aromatic rings. The number of aromatic nitrogens is 7. The average Bonchev–Trinajstić information content (AvgIpc) is 3.44. The van der Waals surface area contributed by atoms with Crippen molar-refractivity contribution < 1.29 is 0 Å². The first-order chi connectivity index (χ1) is 14.3. The monoisotopic (exact) mass is 385 g/mol. The number of hydrogen-bond donors (Lipinski definition) is 2. The van der Waals surface area contributed by atoms with Gasteiger partial charge in [-0.15, -0.1) is 0 Å². The lowest BCUT2D eigenvalue weighted by molar-refractivity contribution is 0.335. The summed E-state index contributed by atoms with van der Waals surface area (Å²) in [4.78, 5) is 24.9. The smallest absolute Gasteiger partial charge is 0.223 e. The number of imidazole rings is 2. The number of nitrogens with one attached hydrogen (secondary N) is 2. The Morgan fingerprint density at radius 3 is 3.03 bits per heavy atom. The highest BCUT2D eigenvalue weighted by Crippen LogP contribution is 2.32. The molecule has 1 aliphatic carbocycles. The first-order valence-electron chi connectivity index (χ1n) is 9.62. The van der Waals surface area contributed by atoms with E-state index in [1.165, 1.54) is 0 Å². The second-order valence-corrected chi connectivity index (χ2v) is 7.19. The van der Waals surface area contributed by atoms with Crippen LogP contribution in [0.1, 0.15) is 37.3 Å². The molecule has 0 unspecified atom stereocenters. The van der Waals surface area contributed by atoms with Gasteiger partial charge in [-0.25, -0.2) is 24.9 Å². The molecule has 1 fully saturated rings. The molecule has 144 valence electrons. The van der Waals surface area contributed by atoms with Crippen molar-refractivity contribution in [3.8, 4) is 17.5 Å². The third kappa shape index (κ3) is 3.29. The minimum atomic E-state index is 0.234. The van der Waals surface area contributed by atoms with Crippen LogP contribution in [-0.4, -0.2) is 40.5 Å². The Labute approximate surface area is 166 Å². The molecular weight excluding hydrogens is 366 g/mol. The third-order valence-electron chi connectivity index (χ3n) is 5.37. The second kappa shape index (κ2) is 7.31. The number of H-pyrrole nitrogens is 1. The molecule has 1 saturated carbocycles. The second-order valence-electron chi connectivity index (χ2n) is 7.19. The molecule has 9 nitrogen and oxygen atoms in total. The van der Waals surface area contributed by atoms with Crippen LogP contribution >= 0.6 is 0 Å². The fourth-order valence-electron chi connectivity index (χ4n) is 3.99. The zero-order valence-corrected chi connectivity index (χ0v) is 15.7. The zero-order valence-electron chi connectivity index (χ0n) is 15.7. The van der Waals surface area contributed by atoms with Crippen molar-refractivity contribution in [2.24, 2.45) is 0 Å². The molecule has 1 aliphatic rings. The Kier molecular flexibility index (Phi) is 4.37. The quantitative estimate of drug-likeness (QED) is 0.553. The molecule has 2 N–H and O–H groups in total. The summed E-state index contributed by atoms with van der Waals surface area (Å²) in [6.07, 6.45) is 12.6. The number of rotatable bonds is 4. The van der Waals surface area contributed by atoms with Crippen LogP contribution < -0.4 is 5.32 Å². The fourth-order valence-corrected chi connectivity index (χ4v) is 3.99. The van der Waals surface area contributed by atoms with Crippen molar-refractivity contribution in [3.05, 3.63) is 48.9 Å². The van der Waals surface area contributed by atoms with E-state index in [0.29, 0.717) is 28.9 Å². The van der Waals surface area contributed by atoms with Crippen LogP contribution in [0.15, 0.2) is 43.4 Å². The van der Waals surface area contributed by atoms with Crippen molar-refractivity contribution in [2.45, 2.75) is 37.8 Å². The van der Waals surface area contributed by atoms with Crippen molar-refractivity contribution >= 4 is 17.1 Å². The average molecular weight is 385 g/mol. The Morgan fingerprint density at radius 1 is 1.21 bits per heavy atom. The normalized spacial score (nSPS) is 19.1. The lowest BCUT2D eigenvalue weighted by Gasteiger charge is -2.30. The third-order valence-corrected chi connectivity index (χ3v) is 5.37. The molecule has 4 aromatic heterocycles. The molecule has 0 spiro atoms. The molecule has 0 radical (unpaired) electrons. The molecule has 0 saturated heterocycles. The van der Waals surface area contributed by atoms with E-state index in [-0.39, 0.29) is 6.04 Å². The first kappa shape index (κ1) is 17.3. The maximum absolute atomic E-state index is 9.36. The molecule has 0 aromatic carbocycles. The summed E-state index contributed by atoms with van der Waals surface area (Å²) in [6.45, 7) is 0. The van der Waals surface area contributed by atoms with E-state index < -0.39 is 0 Å². The van der Waals surface area contributed by atoms with Crippen LogP contribution in [-0.2, 0) is 0 Å². The first-order valence-corrected chi connectivity index (χ1v) is 9.62. The van der Waals surface area contributed by atoms with Gasteiger partial charge in [-0.1, -0.05) is 0 Å². The van der Waals surface area contributed by atoms with Gasteiger partial charge in [0.1, 0.15) is 17.3 Å². The Bertz CT molecular complexity index is 1170. The van der Waals surface area contributed by atoms with Crippen LogP contribution in [0.5, 0.6) is 0 Å².